The summed E-state index contributed by atoms with van der Waals surface area (Å²) < 4.78 is 0. The van der Waals surface area contributed by atoms with Crippen LogP contribution in [0.4, 0.5) is 5.69 Å². The third-order valence-corrected chi connectivity index (χ3v) is 3.43. The highest BCUT2D eigenvalue weighted by Crippen LogP contribution is 2.20. The van der Waals surface area contributed by atoms with Crippen LogP contribution in [0.25, 0.3) is 0 Å². The van der Waals surface area contributed by atoms with Gasteiger partial charge in [0.2, 0.25) is 0 Å². The molecule has 1 rings (SSSR count). The molecule has 1 aromatic heterocycles. The Balaban J connectivity index is 2.96. The normalized spacial score (nSPS) is 12.4. The van der Waals surface area contributed by atoms with E-state index < -0.39 is 5.97 Å². The van der Waals surface area contributed by atoms with E-state index in [1.54, 1.807) is 6.20 Å². The zero-order valence-electron chi connectivity index (χ0n) is 13.5. The van der Waals surface area contributed by atoms with E-state index in [9.17, 15) is 9.90 Å². The average Bonchev–Trinajstić information content (AvgIpc) is 2.44. The first kappa shape index (κ1) is 17.4. The Kier molecular flexibility index (Phi) is 7.12. The van der Waals surface area contributed by atoms with Crippen LogP contribution in [-0.2, 0) is 0 Å². The Morgan fingerprint density at radius 1 is 1.29 bits per heavy atom. The SMILES string of the molecule is CCCCC(CCC)Nc1cnc(C(C)C)nc1C(=O)O. The first-order valence-electron chi connectivity index (χ1n) is 7.86. The Morgan fingerprint density at radius 3 is 2.52 bits per heavy atom. The monoisotopic (exact) mass is 293 g/mol. The Morgan fingerprint density at radius 2 is 2.00 bits per heavy atom. The fourth-order valence-corrected chi connectivity index (χ4v) is 2.25. The molecule has 0 saturated heterocycles. The van der Waals surface area contributed by atoms with Gasteiger partial charge in [0, 0.05) is 12.0 Å². The molecule has 2 N–H and O–H groups in total. The van der Waals surface area contributed by atoms with Crippen LogP contribution < -0.4 is 5.32 Å². The van der Waals surface area contributed by atoms with Crippen molar-refractivity contribution in [3.8, 4) is 0 Å². The molecule has 1 unspecified atom stereocenters. The standard InChI is InChI=1S/C16H27N3O2/c1-5-7-9-12(8-6-2)18-13-10-17-15(11(3)4)19-14(13)16(20)21/h10-12,18H,5-9H2,1-4H3,(H,20,21). The van der Waals surface area contributed by atoms with Crippen molar-refractivity contribution in [3.63, 3.8) is 0 Å². The van der Waals surface area contributed by atoms with Gasteiger partial charge in [-0.25, -0.2) is 14.8 Å². The molecular formula is C16H27N3O2. The van der Waals surface area contributed by atoms with Gasteiger partial charge in [-0.05, 0) is 12.8 Å². The zero-order valence-corrected chi connectivity index (χ0v) is 13.5. The maximum Gasteiger partial charge on any atom is 0.356 e. The van der Waals surface area contributed by atoms with Crippen molar-refractivity contribution < 1.29 is 9.90 Å². The zero-order chi connectivity index (χ0) is 15.8. The van der Waals surface area contributed by atoms with Crippen LogP contribution in [0.15, 0.2) is 6.20 Å². The molecule has 5 heteroatoms. The molecule has 0 aliphatic heterocycles. The number of aromatic carboxylic acids is 1. The predicted octanol–water partition coefficient (Wildman–Crippen LogP) is 4.07. The van der Waals surface area contributed by atoms with Gasteiger partial charge in [0.1, 0.15) is 5.82 Å². The van der Waals surface area contributed by atoms with Gasteiger partial charge >= 0.3 is 5.97 Å². The minimum Gasteiger partial charge on any atom is -0.476 e. The summed E-state index contributed by atoms with van der Waals surface area (Å²) in [5.41, 5.74) is 0.604. The minimum absolute atomic E-state index is 0.0753. The lowest BCUT2D eigenvalue weighted by atomic mass is 10.0. The number of carbonyl (C=O) groups is 1. The van der Waals surface area contributed by atoms with Crippen LogP contribution >= 0.6 is 0 Å². The highest BCUT2D eigenvalue weighted by molar-refractivity contribution is 5.91. The quantitative estimate of drug-likeness (QED) is 0.718. The minimum atomic E-state index is -1.01. The molecule has 0 aliphatic carbocycles. The molecule has 21 heavy (non-hydrogen) atoms. The molecule has 5 nitrogen and oxygen atoms in total. The molecule has 0 saturated carbocycles. The number of nitrogens with zero attached hydrogens (tertiary/aromatic N) is 2. The molecular weight excluding hydrogens is 266 g/mol. The predicted molar refractivity (Wildman–Crippen MR) is 84.9 cm³/mol. The lowest BCUT2D eigenvalue weighted by molar-refractivity contribution is 0.0691. The topological polar surface area (TPSA) is 75.1 Å². The van der Waals surface area contributed by atoms with Gasteiger partial charge in [-0.15, -0.1) is 0 Å². The van der Waals surface area contributed by atoms with E-state index in [0.29, 0.717) is 11.5 Å². The molecule has 0 aliphatic rings. The number of aromatic nitrogens is 2. The van der Waals surface area contributed by atoms with Crippen LogP contribution in [0, 0.1) is 0 Å². The van der Waals surface area contributed by atoms with E-state index in [4.69, 9.17) is 0 Å². The van der Waals surface area contributed by atoms with Gasteiger partial charge in [-0.1, -0.05) is 47.0 Å². The average molecular weight is 293 g/mol. The van der Waals surface area contributed by atoms with Gasteiger partial charge in [-0.3, -0.25) is 0 Å². The molecule has 118 valence electrons. The first-order chi connectivity index (χ1) is 9.99. The molecule has 0 spiro atoms. The molecule has 0 bridgehead atoms. The maximum atomic E-state index is 11.4. The van der Waals surface area contributed by atoms with Crippen molar-refractivity contribution in [2.24, 2.45) is 0 Å². The molecule has 0 radical (unpaired) electrons. The fourth-order valence-electron chi connectivity index (χ4n) is 2.25. The first-order valence-corrected chi connectivity index (χ1v) is 7.86. The van der Waals surface area contributed by atoms with Crippen LogP contribution in [0.5, 0.6) is 0 Å². The highest BCUT2D eigenvalue weighted by atomic mass is 16.4. The number of hydrogen-bond acceptors (Lipinski definition) is 4. The number of rotatable bonds is 9. The van der Waals surface area contributed by atoms with E-state index >= 15 is 0 Å². The van der Waals surface area contributed by atoms with Crippen molar-refractivity contribution in [1.29, 1.82) is 0 Å². The lowest BCUT2D eigenvalue weighted by Crippen LogP contribution is -2.22. The molecule has 0 fully saturated rings. The van der Waals surface area contributed by atoms with E-state index in [0.717, 1.165) is 32.1 Å². The van der Waals surface area contributed by atoms with E-state index in [1.807, 2.05) is 13.8 Å². The number of hydrogen-bond donors (Lipinski definition) is 2. The van der Waals surface area contributed by atoms with Gasteiger partial charge in [0.25, 0.3) is 0 Å². The molecule has 1 heterocycles. The van der Waals surface area contributed by atoms with Crippen molar-refractivity contribution in [2.45, 2.75) is 71.8 Å². The van der Waals surface area contributed by atoms with Crippen molar-refractivity contribution >= 4 is 11.7 Å². The lowest BCUT2D eigenvalue weighted by Gasteiger charge is -2.20. The Hall–Kier alpha value is -1.65. The van der Waals surface area contributed by atoms with E-state index in [-0.39, 0.29) is 17.7 Å². The second kappa shape index (κ2) is 8.60. The molecule has 1 atom stereocenters. The largest absolute Gasteiger partial charge is 0.476 e. The van der Waals surface area contributed by atoms with Crippen LogP contribution in [0.2, 0.25) is 0 Å². The number of unbranched alkanes of at least 4 members (excludes halogenated alkanes) is 1. The third kappa shape index (κ3) is 5.33. The van der Waals surface area contributed by atoms with E-state index in [2.05, 4.69) is 29.1 Å². The van der Waals surface area contributed by atoms with Crippen molar-refractivity contribution in [3.05, 3.63) is 17.7 Å². The smallest absolute Gasteiger partial charge is 0.356 e. The summed E-state index contributed by atoms with van der Waals surface area (Å²) >= 11 is 0. The summed E-state index contributed by atoms with van der Waals surface area (Å²) in [6.07, 6.45) is 7.00. The number of carboxylic acid groups (broad SMARTS) is 1. The summed E-state index contributed by atoms with van der Waals surface area (Å²) in [4.78, 5) is 19.9. The maximum absolute atomic E-state index is 11.4. The van der Waals surface area contributed by atoms with Crippen molar-refractivity contribution in [1.82, 2.24) is 9.97 Å². The van der Waals surface area contributed by atoms with E-state index in [1.165, 1.54) is 0 Å². The highest BCUT2D eigenvalue weighted by Gasteiger charge is 2.18. The number of nitrogens with one attached hydrogen (secondary N) is 1. The summed E-state index contributed by atoms with van der Waals surface area (Å²) in [6, 6.07) is 0.279. The van der Waals surface area contributed by atoms with Gasteiger partial charge in [-0.2, -0.15) is 0 Å². The second-order valence-electron chi connectivity index (χ2n) is 5.72. The van der Waals surface area contributed by atoms with Gasteiger partial charge < -0.3 is 10.4 Å². The molecule has 0 aromatic carbocycles. The summed E-state index contributed by atoms with van der Waals surface area (Å²) in [6.45, 7) is 8.20. The van der Waals surface area contributed by atoms with Crippen LogP contribution in [0.1, 0.15) is 82.0 Å². The number of carboxylic acids is 1. The van der Waals surface area contributed by atoms with Crippen LogP contribution in [0.3, 0.4) is 0 Å². The van der Waals surface area contributed by atoms with Crippen LogP contribution in [-0.4, -0.2) is 27.1 Å². The second-order valence-corrected chi connectivity index (χ2v) is 5.72. The fraction of sp³-hybridized carbons (Fsp3) is 0.688. The van der Waals surface area contributed by atoms with Crippen molar-refractivity contribution in [2.75, 3.05) is 5.32 Å². The molecule has 0 amide bonds. The Labute approximate surface area is 127 Å². The summed E-state index contributed by atoms with van der Waals surface area (Å²) in [5, 5.41) is 12.7. The molecule has 1 aromatic rings. The third-order valence-electron chi connectivity index (χ3n) is 3.43. The van der Waals surface area contributed by atoms with Gasteiger partial charge in [0.15, 0.2) is 5.69 Å². The Bertz CT molecular complexity index is 461. The summed E-state index contributed by atoms with van der Waals surface area (Å²) in [5.74, 6) is -0.324. The summed E-state index contributed by atoms with van der Waals surface area (Å²) in [7, 11) is 0. The van der Waals surface area contributed by atoms with Gasteiger partial charge in [0.05, 0.1) is 11.9 Å². The number of anilines is 1.